The van der Waals surface area contributed by atoms with Crippen LogP contribution in [0.15, 0.2) is 36.5 Å². The number of hydrogen-bond donors (Lipinski definition) is 6. The van der Waals surface area contributed by atoms with Gasteiger partial charge >= 0.3 is 0 Å². The van der Waals surface area contributed by atoms with Crippen LogP contribution in [0.5, 0.6) is 0 Å². The number of nitrogens with one attached hydrogen (secondary N) is 4. The van der Waals surface area contributed by atoms with Crippen LogP contribution in [0.3, 0.4) is 0 Å². The summed E-state index contributed by atoms with van der Waals surface area (Å²) in [6, 6.07) is -2.92. The number of allylic oxidation sites excluding steroid dienone is 3. The standard InChI is InChI=1S/C28H46N4O6/c1-19(2)12-10-8-6-5-7-9-11-13-25(36)32-26(21(4)33)28(38)31-23-18-22(34)16-17-29-24(35)15-14-20(3)30-27(23)37/h7,9,11,13-15,19-23,26,33-34H,5-6,8,10,12,16-18H2,1-4H3,(H,29,35)(H,30,37)(H,31,38)(H,32,36)/b9-7+,13-11-,15-14-/t20-,21+,22+,23-,26-/m0/s1. The molecule has 0 saturated carbocycles. The number of hydrogen-bond acceptors (Lipinski definition) is 6. The molecule has 1 rings (SSSR count). The zero-order valence-electron chi connectivity index (χ0n) is 23.1. The van der Waals surface area contributed by atoms with E-state index in [1.54, 1.807) is 19.1 Å². The average molecular weight is 535 g/mol. The van der Waals surface area contributed by atoms with Gasteiger partial charge in [0.05, 0.1) is 12.2 Å². The maximum Gasteiger partial charge on any atom is 0.245 e. The van der Waals surface area contributed by atoms with Crippen LogP contribution in [0, 0.1) is 5.92 Å². The van der Waals surface area contributed by atoms with E-state index in [0.717, 1.165) is 18.8 Å². The lowest BCUT2D eigenvalue weighted by Gasteiger charge is -2.26. The quantitative estimate of drug-likeness (QED) is 0.126. The summed E-state index contributed by atoms with van der Waals surface area (Å²) in [4.78, 5) is 49.8. The number of aliphatic hydroxyl groups excluding tert-OH is 2. The van der Waals surface area contributed by atoms with E-state index in [2.05, 4.69) is 35.1 Å². The van der Waals surface area contributed by atoms with Crippen LogP contribution < -0.4 is 21.3 Å². The van der Waals surface area contributed by atoms with Crippen molar-refractivity contribution >= 4 is 23.6 Å². The van der Waals surface area contributed by atoms with Crippen molar-refractivity contribution in [2.45, 2.75) is 103 Å². The van der Waals surface area contributed by atoms with Gasteiger partial charge in [0.15, 0.2) is 0 Å². The van der Waals surface area contributed by atoms with Gasteiger partial charge in [0.1, 0.15) is 12.1 Å². The number of carbonyl (C=O) groups excluding carboxylic acids is 4. The Morgan fingerprint density at radius 3 is 2.58 bits per heavy atom. The smallest absolute Gasteiger partial charge is 0.245 e. The Balaban J connectivity index is 2.70. The van der Waals surface area contributed by atoms with Gasteiger partial charge in [-0.15, -0.1) is 0 Å². The van der Waals surface area contributed by atoms with Crippen molar-refractivity contribution in [3.05, 3.63) is 36.5 Å². The fourth-order valence-electron chi connectivity index (χ4n) is 3.82. The molecule has 1 heterocycles. The third kappa shape index (κ3) is 14.7. The van der Waals surface area contributed by atoms with Gasteiger partial charge in [-0.1, -0.05) is 57.4 Å². The van der Waals surface area contributed by atoms with Crippen molar-refractivity contribution in [2.24, 2.45) is 5.92 Å². The fourth-order valence-corrected chi connectivity index (χ4v) is 3.82. The van der Waals surface area contributed by atoms with Crippen LogP contribution in [-0.4, -0.2) is 70.7 Å². The first-order valence-corrected chi connectivity index (χ1v) is 13.6. The molecule has 0 bridgehead atoms. The lowest BCUT2D eigenvalue weighted by atomic mass is 10.0. The van der Waals surface area contributed by atoms with Crippen molar-refractivity contribution < 1.29 is 29.4 Å². The second-order valence-electron chi connectivity index (χ2n) is 10.2. The van der Waals surface area contributed by atoms with Gasteiger partial charge in [-0.25, -0.2) is 0 Å². The highest BCUT2D eigenvalue weighted by Gasteiger charge is 2.31. The Morgan fingerprint density at radius 2 is 1.89 bits per heavy atom. The van der Waals surface area contributed by atoms with Gasteiger partial charge in [0.2, 0.25) is 23.6 Å². The van der Waals surface area contributed by atoms with Crippen molar-refractivity contribution in [2.75, 3.05) is 6.54 Å². The molecule has 6 N–H and O–H groups in total. The molecule has 214 valence electrons. The third-order valence-corrected chi connectivity index (χ3v) is 6.03. The molecule has 1 aliphatic heterocycles. The number of rotatable bonds is 12. The predicted octanol–water partition coefficient (Wildman–Crippen LogP) is 1.39. The summed E-state index contributed by atoms with van der Waals surface area (Å²) in [7, 11) is 0. The SMILES string of the molecule is CC(C)CCCCC/C=C/C=C\C(=O)N[C@H](C(=O)N[C@H]1C[C@H](O)CCNC(=O)/C=C\[C@H](C)NC1=O)[C@@H](C)O. The highest BCUT2D eigenvalue weighted by atomic mass is 16.3. The first-order valence-electron chi connectivity index (χ1n) is 13.6. The zero-order chi connectivity index (χ0) is 28.5. The van der Waals surface area contributed by atoms with Crippen LogP contribution >= 0.6 is 0 Å². The van der Waals surface area contributed by atoms with Crippen LogP contribution in [0.1, 0.15) is 72.6 Å². The van der Waals surface area contributed by atoms with Crippen molar-refractivity contribution in [3.63, 3.8) is 0 Å². The van der Waals surface area contributed by atoms with Crippen molar-refractivity contribution in [1.29, 1.82) is 0 Å². The molecule has 0 saturated heterocycles. The normalized spacial score (nSPS) is 23.7. The first kappa shape index (κ1) is 33.0. The molecule has 4 amide bonds. The van der Waals surface area contributed by atoms with E-state index in [1.807, 2.05) is 6.08 Å². The molecule has 38 heavy (non-hydrogen) atoms. The predicted molar refractivity (Wildman–Crippen MR) is 147 cm³/mol. The topological polar surface area (TPSA) is 157 Å². The van der Waals surface area contributed by atoms with Crippen LogP contribution in [0.25, 0.3) is 0 Å². The minimum atomic E-state index is -1.31. The lowest BCUT2D eigenvalue weighted by molar-refractivity contribution is -0.134. The van der Waals surface area contributed by atoms with Gasteiger partial charge < -0.3 is 31.5 Å². The molecule has 0 spiro atoms. The summed E-state index contributed by atoms with van der Waals surface area (Å²) in [5.41, 5.74) is 0. The minimum absolute atomic E-state index is 0.105. The highest BCUT2D eigenvalue weighted by molar-refractivity contribution is 5.95. The maximum absolute atomic E-state index is 12.9. The lowest BCUT2D eigenvalue weighted by Crippen LogP contribution is -2.58. The van der Waals surface area contributed by atoms with Gasteiger partial charge in [-0.3, -0.25) is 19.2 Å². The fraction of sp³-hybridized carbons (Fsp3) is 0.643. The van der Waals surface area contributed by atoms with E-state index >= 15 is 0 Å². The summed E-state index contributed by atoms with van der Waals surface area (Å²) >= 11 is 0. The molecular weight excluding hydrogens is 488 g/mol. The average Bonchev–Trinajstić information content (AvgIpc) is 2.83. The number of amides is 4. The second kappa shape index (κ2) is 18.3. The summed E-state index contributed by atoms with van der Waals surface area (Å²) in [5, 5.41) is 30.8. The molecule has 0 aliphatic carbocycles. The van der Waals surface area contributed by atoms with E-state index in [4.69, 9.17) is 0 Å². The third-order valence-electron chi connectivity index (χ3n) is 6.03. The van der Waals surface area contributed by atoms with Gasteiger partial charge in [0, 0.05) is 31.2 Å². The van der Waals surface area contributed by atoms with E-state index in [9.17, 15) is 29.4 Å². The molecule has 10 heteroatoms. The van der Waals surface area contributed by atoms with Crippen molar-refractivity contribution in [3.8, 4) is 0 Å². The number of carbonyl (C=O) groups is 4. The summed E-state index contributed by atoms with van der Waals surface area (Å²) in [6.07, 6.45) is 12.9. The molecule has 0 radical (unpaired) electrons. The molecule has 0 aromatic rings. The van der Waals surface area contributed by atoms with Crippen LogP contribution in [0.4, 0.5) is 0 Å². The van der Waals surface area contributed by atoms with E-state index in [-0.39, 0.29) is 25.3 Å². The Labute approximate surface area is 226 Å². The van der Waals surface area contributed by atoms with Crippen molar-refractivity contribution in [1.82, 2.24) is 21.3 Å². The van der Waals surface area contributed by atoms with Crippen LogP contribution in [0.2, 0.25) is 0 Å². The van der Waals surface area contributed by atoms with Gasteiger partial charge in [-0.2, -0.15) is 0 Å². The van der Waals surface area contributed by atoms with E-state index in [1.165, 1.54) is 44.4 Å². The monoisotopic (exact) mass is 534 g/mol. The molecule has 1 aliphatic rings. The summed E-state index contributed by atoms with van der Waals surface area (Å²) in [5.74, 6) is -1.49. The molecule has 0 fully saturated rings. The molecule has 0 unspecified atom stereocenters. The van der Waals surface area contributed by atoms with E-state index in [0.29, 0.717) is 0 Å². The van der Waals surface area contributed by atoms with Gasteiger partial charge in [0.25, 0.3) is 0 Å². The highest BCUT2D eigenvalue weighted by Crippen LogP contribution is 2.10. The Kier molecular flexibility index (Phi) is 15.9. The molecule has 5 atom stereocenters. The molecular formula is C28H46N4O6. The molecule has 10 nitrogen and oxygen atoms in total. The summed E-state index contributed by atoms with van der Waals surface area (Å²) < 4.78 is 0. The Morgan fingerprint density at radius 1 is 1.16 bits per heavy atom. The van der Waals surface area contributed by atoms with Gasteiger partial charge in [-0.05, 0) is 39.0 Å². The molecule has 0 aromatic heterocycles. The Bertz CT molecular complexity index is 852. The minimum Gasteiger partial charge on any atom is -0.393 e. The number of unbranched alkanes of at least 4 members (excludes halogenated alkanes) is 3. The number of aliphatic hydroxyl groups is 2. The van der Waals surface area contributed by atoms with E-state index < -0.39 is 48.1 Å². The summed E-state index contributed by atoms with van der Waals surface area (Å²) in [6.45, 7) is 7.65. The second-order valence-corrected chi connectivity index (χ2v) is 10.2. The largest absolute Gasteiger partial charge is 0.393 e. The molecule has 0 aromatic carbocycles. The first-order chi connectivity index (χ1) is 18.0. The van der Waals surface area contributed by atoms with Crippen LogP contribution in [-0.2, 0) is 19.2 Å². The zero-order valence-corrected chi connectivity index (χ0v) is 23.1. The maximum atomic E-state index is 12.9. The Hall–Kier alpha value is -2.98.